The lowest BCUT2D eigenvalue weighted by Crippen LogP contribution is -2.66. The highest BCUT2D eigenvalue weighted by atomic mass is 16.8. The van der Waals surface area contributed by atoms with Gasteiger partial charge in [-0.2, -0.15) is 0 Å². The van der Waals surface area contributed by atoms with Crippen molar-refractivity contribution in [2.45, 2.75) is 324 Å². The molecule has 0 aromatic heterocycles. The third-order valence-electron chi connectivity index (χ3n) is 16.3. The number of unbranched alkanes of at least 4 members (excludes halogenated alkanes) is 25. The summed E-state index contributed by atoms with van der Waals surface area (Å²) in [6, 6.07) is -0.999. The number of hydrogen-bond donors (Lipinski definition) is 12. The molecule has 17 unspecified atom stereocenters. The van der Waals surface area contributed by atoms with Gasteiger partial charge in [-0.05, 0) is 77.0 Å². The fourth-order valence-electron chi connectivity index (χ4n) is 10.8. The second-order valence-electron chi connectivity index (χ2n) is 23.6. The van der Waals surface area contributed by atoms with Crippen molar-refractivity contribution in [2.24, 2.45) is 0 Å². The Morgan fingerprint density at radius 3 is 1.25 bits per heavy atom. The highest BCUT2D eigenvalue weighted by molar-refractivity contribution is 5.76. The lowest BCUT2D eigenvalue weighted by molar-refractivity contribution is -0.379. The van der Waals surface area contributed by atoms with Crippen molar-refractivity contribution in [1.82, 2.24) is 5.32 Å². The molecule has 3 aliphatic heterocycles. The van der Waals surface area contributed by atoms with E-state index in [1.165, 1.54) is 122 Å². The Morgan fingerprint density at radius 2 is 0.788 bits per heavy atom. The zero-order valence-corrected chi connectivity index (χ0v) is 51.8. The summed E-state index contributed by atoms with van der Waals surface area (Å²) in [5.74, 6) is -0.293. The Labute approximate surface area is 509 Å². The minimum Gasteiger partial charge on any atom is -0.394 e. The van der Waals surface area contributed by atoms with E-state index < -0.39 is 124 Å². The summed E-state index contributed by atoms with van der Waals surface area (Å²) in [6.07, 6.45) is 30.5. The fraction of sp³-hybridized carbons (Fsp3) is 0.833. The van der Waals surface area contributed by atoms with Crippen molar-refractivity contribution in [3.8, 4) is 0 Å². The zero-order chi connectivity index (χ0) is 61.9. The Kier molecular flexibility index (Phi) is 43.7. The monoisotopic (exact) mass is 1210 g/mol. The van der Waals surface area contributed by atoms with Crippen LogP contribution in [0.2, 0.25) is 0 Å². The fourth-order valence-corrected chi connectivity index (χ4v) is 10.8. The van der Waals surface area contributed by atoms with Crippen LogP contribution in [0.3, 0.4) is 0 Å². The number of ether oxygens (including phenoxy) is 6. The molecule has 0 aromatic rings. The zero-order valence-electron chi connectivity index (χ0n) is 51.8. The molecule has 85 heavy (non-hydrogen) atoms. The molecule has 12 N–H and O–H groups in total. The molecule has 0 aromatic carbocycles. The predicted molar refractivity (Wildman–Crippen MR) is 328 cm³/mol. The van der Waals surface area contributed by atoms with Gasteiger partial charge in [-0.3, -0.25) is 4.79 Å². The molecule has 19 nitrogen and oxygen atoms in total. The number of nitrogens with one attached hydrogen (secondary N) is 1. The number of amides is 1. The molecule has 494 valence electrons. The molecule has 3 saturated heterocycles. The van der Waals surface area contributed by atoms with Gasteiger partial charge in [0.05, 0.1) is 38.6 Å². The third kappa shape index (κ3) is 31.2. The average Bonchev–Trinajstić information content (AvgIpc) is 3.64. The van der Waals surface area contributed by atoms with Gasteiger partial charge in [-0.15, -0.1) is 0 Å². The largest absolute Gasteiger partial charge is 0.394 e. The van der Waals surface area contributed by atoms with Gasteiger partial charge in [-0.1, -0.05) is 197 Å². The van der Waals surface area contributed by atoms with Crippen molar-refractivity contribution >= 4 is 5.91 Å². The molecule has 3 fully saturated rings. The Bertz CT molecular complexity index is 1780. The summed E-state index contributed by atoms with van der Waals surface area (Å²) < 4.78 is 34.3. The van der Waals surface area contributed by atoms with Crippen LogP contribution in [-0.2, 0) is 33.2 Å². The minimum absolute atomic E-state index is 0.228. The van der Waals surface area contributed by atoms with Gasteiger partial charge in [0, 0.05) is 6.42 Å². The molecule has 0 saturated carbocycles. The topological polar surface area (TPSA) is 307 Å². The van der Waals surface area contributed by atoms with Crippen LogP contribution in [0.5, 0.6) is 0 Å². The van der Waals surface area contributed by atoms with E-state index in [4.69, 9.17) is 28.4 Å². The maximum Gasteiger partial charge on any atom is 0.220 e. The standard InChI is InChI=1S/C66H117NO18/c1-3-5-7-9-11-13-15-17-19-21-22-23-24-25-26-28-30-32-34-36-38-40-42-44-54(72)67-49(50(71)43-41-39-37-35-33-31-29-27-20-18-16-14-12-10-8-6-4-2)48-80-64-60(78)57(75)62(52(46-69)82-64)85-66-61(79)58(76)63(53(47-70)83-66)84-65-59(77)56(74)55(73)51(45-68)81-65/h15,17,20-22,27,33,35,41,43,49-53,55-66,68-71,73-79H,3-14,16,18-19,23-26,28-32,34,36-40,42,44-48H2,1-2H3,(H,67,72)/b17-15-,22-21-,27-20+,35-33+,43-41+. The van der Waals surface area contributed by atoms with E-state index >= 15 is 0 Å². The van der Waals surface area contributed by atoms with Gasteiger partial charge in [-0.25, -0.2) is 0 Å². The minimum atomic E-state index is -1.98. The van der Waals surface area contributed by atoms with E-state index in [2.05, 4.69) is 67.8 Å². The highest BCUT2D eigenvalue weighted by Crippen LogP contribution is 2.33. The summed E-state index contributed by atoms with van der Waals surface area (Å²) in [4.78, 5) is 13.4. The molecule has 1 amide bonds. The van der Waals surface area contributed by atoms with Crippen LogP contribution < -0.4 is 5.32 Å². The third-order valence-corrected chi connectivity index (χ3v) is 16.3. The lowest BCUT2D eigenvalue weighted by atomic mass is 9.96. The maximum absolute atomic E-state index is 13.4. The molecule has 3 rings (SSSR count). The predicted octanol–water partition coefficient (Wildman–Crippen LogP) is 7.60. The Hall–Kier alpha value is -2.51. The molecule has 0 spiro atoms. The molecule has 19 heteroatoms. The first-order chi connectivity index (χ1) is 41.3. The molecule has 17 atom stereocenters. The number of carbonyl (C=O) groups is 1. The van der Waals surface area contributed by atoms with Crippen molar-refractivity contribution in [1.29, 1.82) is 0 Å². The molecule has 0 aliphatic carbocycles. The van der Waals surface area contributed by atoms with Gasteiger partial charge in [0.2, 0.25) is 5.91 Å². The average molecular weight is 1210 g/mol. The summed E-state index contributed by atoms with van der Waals surface area (Å²) in [7, 11) is 0. The van der Waals surface area contributed by atoms with Crippen molar-refractivity contribution in [2.75, 3.05) is 26.4 Å². The van der Waals surface area contributed by atoms with E-state index in [-0.39, 0.29) is 18.9 Å². The van der Waals surface area contributed by atoms with Crippen molar-refractivity contribution < 1.29 is 89.4 Å². The first-order valence-corrected chi connectivity index (χ1v) is 33.0. The molecule has 3 heterocycles. The SMILES string of the molecule is CCCCCCC/C=C\C/C=C\CCCCCCCCCCCCCC(=O)NC(COC1OC(CO)C(OC2OC(CO)C(OC3OC(CO)C(O)C(O)C3O)C(O)C2O)C(O)C1O)C(O)/C=C/CC/C=C/CC/C=C/CCCCCCCCC. The van der Waals surface area contributed by atoms with Gasteiger partial charge in [0.25, 0.3) is 0 Å². The van der Waals surface area contributed by atoms with Crippen LogP contribution in [0, 0.1) is 0 Å². The second-order valence-corrected chi connectivity index (χ2v) is 23.6. The van der Waals surface area contributed by atoms with Gasteiger partial charge < -0.3 is 89.9 Å². The summed E-state index contributed by atoms with van der Waals surface area (Å²) >= 11 is 0. The molecular weight excluding hydrogens is 1090 g/mol. The van der Waals surface area contributed by atoms with Gasteiger partial charge in [0.15, 0.2) is 18.9 Å². The van der Waals surface area contributed by atoms with Gasteiger partial charge >= 0.3 is 0 Å². The second kappa shape index (κ2) is 48.4. The van der Waals surface area contributed by atoms with Crippen molar-refractivity contribution in [3.63, 3.8) is 0 Å². The first-order valence-electron chi connectivity index (χ1n) is 33.0. The molecular formula is C66H117NO18. The van der Waals surface area contributed by atoms with E-state index in [1.54, 1.807) is 6.08 Å². The van der Waals surface area contributed by atoms with Crippen LogP contribution in [0.15, 0.2) is 60.8 Å². The first kappa shape index (κ1) is 76.7. The Balaban J connectivity index is 1.47. The van der Waals surface area contributed by atoms with E-state index in [1.807, 2.05) is 6.08 Å². The maximum atomic E-state index is 13.4. The number of carbonyl (C=O) groups excluding carboxylic acids is 1. The van der Waals surface area contributed by atoms with E-state index in [9.17, 15) is 61.0 Å². The number of aliphatic hydroxyl groups excluding tert-OH is 11. The number of rotatable bonds is 49. The van der Waals surface area contributed by atoms with Crippen LogP contribution in [0.4, 0.5) is 0 Å². The van der Waals surface area contributed by atoms with Crippen LogP contribution in [0.25, 0.3) is 0 Å². The normalized spacial score (nSPS) is 29.4. The smallest absolute Gasteiger partial charge is 0.220 e. The van der Waals surface area contributed by atoms with Crippen molar-refractivity contribution in [3.05, 3.63) is 60.8 Å². The highest BCUT2D eigenvalue weighted by Gasteiger charge is 2.53. The molecule has 0 bridgehead atoms. The lowest BCUT2D eigenvalue weighted by Gasteiger charge is -2.48. The number of aliphatic hydroxyl groups is 11. The summed E-state index contributed by atoms with van der Waals surface area (Å²) in [6.45, 7) is 1.68. The molecule has 0 radical (unpaired) electrons. The van der Waals surface area contributed by atoms with E-state index in [0.717, 1.165) is 64.2 Å². The number of allylic oxidation sites excluding steroid dienone is 9. The van der Waals surface area contributed by atoms with Crippen LogP contribution in [-0.4, -0.2) is 193 Å². The Morgan fingerprint density at radius 1 is 0.424 bits per heavy atom. The van der Waals surface area contributed by atoms with Crippen LogP contribution in [0.1, 0.15) is 219 Å². The van der Waals surface area contributed by atoms with Crippen LogP contribution >= 0.6 is 0 Å². The molecule has 3 aliphatic rings. The quantitative estimate of drug-likeness (QED) is 0.0206. The van der Waals surface area contributed by atoms with Gasteiger partial charge in [0.1, 0.15) is 73.2 Å². The summed E-state index contributed by atoms with van der Waals surface area (Å²) in [5, 5.41) is 120. The number of hydrogen-bond acceptors (Lipinski definition) is 18. The van der Waals surface area contributed by atoms with E-state index in [0.29, 0.717) is 12.8 Å². The summed E-state index contributed by atoms with van der Waals surface area (Å²) in [5.41, 5.74) is 0.